The summed E-state index contributed by atoms with van der Waals surface area (Å²) < 4.78 is 18.8. The summed E-state index contributed by atoms with van der Waals surface area (Å²) in [5.41, 5.74) is 0.810. The van der Waals surface area contributed by atoms with Crippen LogP contribution in [-0.4, -0.2) is 36.1 Å². The molecule has 1 aliphatic heterocycles. The summed E-state index contributed by atoms with van der Waals surface area (Å²) in [5, 5.41) is 2.71. The van der Waals surface area contributed by atoms with Crippen LogP contribution in [0.25, 0.3) is 0 Å². The van der Waals surface area contributed by atoms with Crippen LogP contribution in [0.3, 0.4) is 0 Å². The normalized spacial score (nSPS) is 17.4. The molecule has 6 heteroatoms. The van der Waals surface area contributed by atoms with E-state index in [1.165, 1.54) is 11.0 Å². The van der Waals surface area contributed by atoms with Gasteiger partial charge in [0.2, 0.25) is 5.91 Å². The van der Waals surface area contributed by atoms with Crippen LogP contribution in [0.1, 0.15) is 32.3 Å². The molecule has 0 aromatic heterocycles. The predicted molar refractivity (Wildman–Crippen MR) is 85.7 cm³/mol. The molecule has 5 nitrogen and oxygen atoms in total. The van der Waals surface area contributed by atoms with Gasteiger partial charge in [0.05, 0.1) is 6.61 Å². The second-order valence-corrected chi connectivity index (χ2v) is 6.22. The van der Waals surface area contributed by atoms with Crippen molar-refractivity contribution in [2.75, 3.05) is 18.5 Å². The number of carbonyl (C=O) groups excluding carboxylic acids is 2. The molecule has 1 saturated heterocycles. The van der Waals surface area contributed by atoms with Crippen LogP contribution in [0.4, 0.5) is 14.9 Å². The SMILES string of the molecule is Cc1c(F)cccc1NC(=O)[C@@H]1CCCN1C(=O)OCC(C)C. The molecular formula is C17H23FN2O3. The third-order valence-corrected chi connectivity index (χ3v) is 3.86. The van der Waals surface area contributed by atoms with Gasteiger partial charge in [-0.05, 0) is 37.8 Å². The summed E-state index contributed by atoms with van der Waals surface area (Å²) in [6.45, 7) is 6.33. The number of anilines is 1. The summed E-state index contributed by atoms with van der Waals surface area (Å²) in [5.74, 6) is -0.441. The van der Waals surface area contributed by atoms with Crippen LogP contribution in [0.15, 0.2) is 18.2 Å². The molecule has 1 heterocycles. The molecule has 2 rings (SSSR count). The van der Waals surface area contributed by atoms with Gasteiger partial charge < -0.3 is 10.1 Å². The fourth-order valence-electron chi connectivity index (χ4n) is 2.54. The van der Waals surface area contributed by atoms with Crippen molar-refractivity contribution in [3.05, 3.63) is 29.6 Å². The Morgan fingerprint density at radius 3 is 2.87 bits per heavy atom. The van der Waals surface area contributed by atoms with E-state index in [2.05, 4.69) is 5.32 Å². The molecule has 0 bridgehead atoms. The van der Waals surface area contributed by atoms with Gasteiger partial charge in [0, 0.05) is 17.8 Å². The molecule has 23 heavy (non-hydrogen) atoms. The molecule has 0 spiro atoms. The van der Waals surface area contributed by atoms with Crippen molar-refractivity contribution in [2.45, 2.75) is 39.7 Å². The summed E-state index contributed by atoms with van der Waals surface area (Å²) in [7, 11) is 0. The van der Waals surface area contributed by atoms with Gasteiger partial charge in [-0.2, -0.15) is 0 Å². The van der Waals surface area contributed by atoms with Crippen molar-refractivity contribution >= 4 is 17.7 Å². The molecule has 0 saturated carbocycles. The maximum atomic E-state index is 13.6. The van der Waals surface area contributed by atoms with Gasteiger partial charge in [-0.15, -0.1) is 0 Å². The minimum Gasteiger partial charge on any atom is -0.449 e. The number of hydrogen-bond acceptors (Lipinski definition) is 3. The number of likely N-dealkylation sites (tertiary alicyclic amines) is 1. The zero-order valence-corrected chi connectivity index (χ0v) is 13.8. The maximum Gasteiger partial charge on any atom is 0.410 e. The molecule has 1 aromatic carbocycles. The lowest BCUT2D eigenvalue weighted by Gasteiger charge is -2.24. The number of hydrogen-bond donors (Lipinski definition) is 1. The Morgan fingerprint density at radius 1 is 1.43 bits per heavy atom. The number of rotatable bonds is 4. The van der Waals surface area contributed by atoms with Gasteiger partial charge >= 0.3 is 6.09 Å². The Bertz CT molecular complexity index is 589. The van der Waals surface area contributed by atoms with Gasteiger partial charge in [0.25, 0.3) is 0 Å². The van der Waals surface area contributed by atoms with Gasteiger partial charge in [-0.1, -0.05) is 19.9 Å². The Labute approximate surface area is 135 Å². The standard InChI is InChI=1S/C17H23FN2O3/c1-11(2)10-23-17(22)20-9-5-8-15(20)16(21)19-14-7-4-6-13(18)12(14)3/h4,6-7,11,15H,5,8-10H2,1-3H3,(H,19,21)/t15-/m0/s1. The molecule has 1 atom stereocenters. The highest BCUT2D eigenvalue weighted by Gasteiger charge is 2.35. The minimum absolute atomic E-state index is 0.240. The number of halogens is 1. The largest absolute Gasteiger partial charge is 0.449 e. The minimum atomic E-state index is -0.572. The van der Waals surface area contributed by atoms with E-state index in [1.807, 2.05) is 13.8 Å². The van der Waals surface area contributed by atoms with Crippen molar-refractivity contribution < 1.29 is 18.7 Å². The zero-order valence-electron chi connectivity index (χ0n) is 13.8. The molecule has 1 aliphatic rings. The van der Waals surface area contributed by atoms with Gasteiger partial charge in [-0.25, -0.2) is 9.18 Å². The van der Waals surface area contributed by atoms with Crippen LogP contribution in [0, 0.1) is 18.7 Å². The third-order valence-electron chi connectivity index (χ3n) is 3.86. The highest BCUT2D eigenvalue weighted by Crippen LogP contribution is 2.22. The molecule has 1 fully saturated rings. The molecular weight excluding hydrogens is 299 g/mol. The van der Waals surface area contributed by atoms with Gasteiger partial charge in [0.1, 0.15) is 11.9 Å². The van der Waals surface area contributed by atoms with Crippen LogP contribution < -0.4 is 5.32 Å². The number of amides is 2. The Kier molecular flexibility index (Phi) is 5.58. The Balaban J connectivity index is 2.03. The number of benzene rings is 1. The van der Waals surface area contributed by atoms with Crippen molar-refractivity contribution in [1.82, 2.24) is 4.90 Å². The van der Waals surface area contributed by atoms with Gasteiger partial charge in [0.15, 0.2) is 0 Å². The van der Waals surface area contributed by atoms with Crippen molar-refractivity contribution in [1.29, 1.82) is 0 Å². The fraction of sp³-hybridized carbons (Fsp3) is 0.529. The first-order valence-electron chi connectivity index (χ1n) is 7.89. The maximum absolute atomic E-state index is 13.6. The van der Waals surface area contributed by atoms with E-state index in [-0.39, 0.29) is 17.6 Å². The van der Waals surface area contributed by atoms with Crippen LogP contribution in [0.2, 0.25) is 0 Å². The van der Waals surface area contributed by atoms with E-state index < -0.39 is 12.1 Å². The van der Waals surface area contributed by atoms with Crippen molar-refractivity contribution in [2.24, 2.45) is 5.92 Å². The predicted octanol–water partition coefficient (Wildman–Crippen LogP) is 3.33. The monoisotopic (exact) mass is 322 g/mol. The fourth-order valence-corrected chi connectivity index (χ4v) is 2.54. The third kappa shape index (κ3) is 4.21. The molecule has 2 amide bonds. The highest BCUT2D eigenvalue weighted by molar-refractivity contribution is 5.97. The van der Waals surface area contributed by atoms with E-state index in [1.54, 1.807) is 19.1 Å². The van der Waals surface area contributed by atoms with E-state index in [0.717, 1.165) is 6.42 Å². The highest BCUT2D eigenvalue weighted by atomic mass is 19.1. The molecule has 1 N–H and O–H groups in total. The lowest BCUT2D eigenvalue weighted by molar-refractivity contribution is -0.120. The summed E-state index contributed by atoms with van der Waals surface area (Å²) in [6, 6.07) is 3.96. The lowest BCUT2D eigenvalue weighted by atomic mass is 10.1. The van der Waals surface area contributed by atoms with E-state index in [9.17, 15) is 14.0 Å². The van der Waals surface area contributed by atoms with E-state index in [0.29, 0.717) is 30.8 Å². The Hall–Kier alpha value is -2.11. The van der Waals surface area contributed by atoms with Crippen molar-refractivity contribution in [3.8, 4) is 0 Å². The number of ether oxygens (including phenoxy) is 1. The number of nitrogens with one attached hydrogen (secondary N) is 1. The Morgan fingerprint density at radius 2 is 2.17 bits per heavy atom. The average Bonchev–Trinajstić information content (AvgIpc) is 2.99. The number of nitrogens with zero attached hydrogens (tertiary/aromatic N) is 1. The molecule has 0 radical (unpaired) electrons. The smallest absolute Gasteiger partial charge is 0.410 e. The average molecular weight is 322 g/mol. The first kappa shape index (κ1) is 17.2. The van der Waals surface area contributed by atoms with E-state index >= 15 is 0 Å². The lowest BCUT2D eigenvalue weighted by Crippen LogP contribution is -2.43. The topological polar surface area (TPSA) is 58.6 Å². The second kappa shape index (κ2) is 7.44. The summed E-state index contributed by atoms with van der Waals surface area (Å²) in [4.78, 5) is 26.0. The zero-order chi connectivity index (χ0) is 17.0. The van der Waals surface area contributed by atoms with Crippen LogP contribution >= 0.6 is 0 Å². The first-order valence-corrected chi connectivity index (χ1v) is 7.89. The van der Waals surface area contributed by atoms with Crippen molar-refractivity contribution in [3.63, 3.8) is 0 Å². The van der Waals surface area contributed by atoms with Crippen LogP contribution in [-0.2, 0) is 9.53 Å². The quantitative estimate of drug-likeness (QED) is 0.925. The van der Waals surface area contributed by atoms with Crippen LogP contribution in [0.5, 0.6) is 0 Å². The first-order chi connectivity index (χ1) is 10.9. The molecule has 1 aromatic rings. The van der Waals surface area contributed by atoms with E-state index in [4.69, 9.17) is 4.74 Å². The summed E-state index contributed by atoms with van der Waals surface area (Å²) >= 11 is 0. The number of carbonyl (C=O) groups is 2. The summed E-state index contributed by atoms with van der Waals surface area (Å²) in [6.07, 6.45) is 0.862. The molecule has 0 unspecified atom stereocenters. The second-order valence-electron chi connectivity index (χ2n) is 6.22. The molecule has 126 valence electrons. The molecule has 0 aliphatic carbocycles. The van der Waals surface area contributed by atoms with Gasteiger partial charge in [-0.3, -0.25) is 9.69 Å².